The lowest BCUT2D eigenvalue weighted by atomic mass is 10.1. The molecular formula is C15H22N4O. The van der Waals surface area contributed by atoms with Gasteiger partial charge < -0.3 is 10.1 Å². The summed E-state index contributed by atoms with van der Waals surface area (Å²) < 4.78 is 5.69. The molecule has 0 fully saturated rings. The lowest BCUT2D eigenvalue weighted by Crippen LogP contribution is -2.13. The summed E-state index contributed by atoms with van der Waals surface area (Å²) in [5, 5.41) is 9.94. The first kappa shape index (κ1) is 14.5. The molecule has 0 aliphatic heterocycles. The first-order chi connectivity index (χ1) is 9.74. The fourth-order valence-electron chi connectivity index (χ4n) is 1.76. The maximum atomic E-state index is 5.69. The lowest BCUT2D eigenvalue weighted by molar-refractivity contribution is 0.289. The third-order valence-corrected chi connectivity index (χ3v) is 2.97. The summed E-state index contributed by atoms with van der Waals surface area (Å²) in [7, 11) is 0. The Labute approximate surface area is 119 Å². The highest BCUT2D eigenvalue weighted by atomic mass is 16.5. The molecule has 2 N–H and O–H groups in total. The molecule has 1 aromatic carbocycles. The van der Waals surface area contributed by atoms with Crippen LogP contribution in [0.15, 0.2) is 30.6 Å². The fourth-order valence-corrected chi connectivity index (χ4v) is 1.76. The third kappa shape index (κ3) is 5.01. The number of hydrogen-bond donors (Lipinski definition) is 2. The largest absolute Gasteiger partial charge is 0.494 e. The second kappa shape index (κ2) is 7.65. The molecule has 5 heteroatoms. The van der Waals surface area contributed by atoms with Gasteiger partial charge in [-0.2, -0.15) is 5.10 Å². The van der Waals surface area contributed by atoms with Gasteiger partial charge in [0.05, 0.1) is 13.2 Å². The van der Waals surface area contributed by atoms with E-state index in [1.807, 2.05) is 12.1 Å². The van der Waals surface area contributed by atoms with Crippen LogP contribution in [0.1, 0.15) is 31.7 Å². The van der Waals surface area contributed by atoms with Gasteiger partial charge in [0.25, 0.3) is 0 Å². The fraction of sp³-hybridized carbons (Fsp3) is 0.467. The molecule has 0 atom stereocenters. The van der Waals surface area contributed by atoms with Crippen molar-refractivity contribution in [3.05, 3.63) is 42.0 Å². The predicted molar refractivity (Wildman–Crippen MR) is 78.3 cm³/mol. The van der Waals surface area contributed by atoms with Crippen molar-refractivity contribution in [3.8, 4) is 5.75 Å². The standard InChI is InChI=1S/C15H22N4O/c1-12(2)7-8-20-14-5-3-13(4-6-14)9-16-10-15-17-11-18-19-15/h3-6,11-12,16H,7-10H2,1-2H3,(H,17,18,19). The van der Waals surface area contributed by atoms with Crippen LogP contribution in [0.5, 0.6) is 5.75 Å². The lowest BCUT2D eigenvalue weighted by Gasteiger charge is -2.09. The van der Waals surface area contributed by atoms with Gasteiger partial charge in [0.1, 0.15) is 17.9 Å². The van der Waals surface area contributed by atoms with Gasteiger partial charge in [-0.05, 0) is 30.0 Å². The van der Waals surface area contributed by atoms with E-state index in [0.29, 0.717) is 12.5 Å². The second-order valence-corrected chi connectivity index (χ2v) is 5.21. The molecule has 1 aromatic heterocycles. The van der Waals surface area contributed by atoms with Gasteiger partial charge in [0.2, 0.25) is 0 Å². The van der Waals surface area contributed by atoms with E-state index in [2.05, 4.69) is 46.5 Å². The van der Waals surface area contributed by atoms with Gasteiger partial charge >= 0.3 is 0 Å². The normalized spacial score (nSPS) is 10.9. The van der Waals surface area contributed by atoms with Crippen LogP contribution < -0.4 is 10.1 Å². The van der Waals surface area contributed by atoms with Crippen molar-refractivity contribution in [2.24, 2.45) is 5.92 Å². The van der Waals surface area contributed by atoms with Crippen molar-refractivity contribution in [3.63, 3.8) is 0 Å². The number of ether oxygens (including phenoxy) is 1. The summed E-state index contributed by atoms with van der Waals surface area (Å²) in [5.74, 6) is 2.46. The van der Waals surface area contributed by atoms with Crippen LogP contribution in [0.4, 0.5) is 0 Å². The topological polar surface area (TPSA) is 62.8 Å². The summed E-state index contributed by atoms with van der Waals surface area (Å²) in [5.41, 5.74) is 1.22. The van der Waals surface area contributed by atoms with Crippen molar-refractivity contribution in [1.29, 1.82) is 0 Å². The van der Waals surface area contributed by atoms with Crippen molar-refractivity contribution in [2.45, 2.75) is 33.4 Å². The van der Waals surface area contributed by atoms with E-state index < -0.39 is 0 Å². The zero-order chi connectivity index (χ0) is 14.2. The average Bonchev–Trinajstić information content (AvgIpc) is 2.93. The number of aromatic amines is 1. The van der Waals surface area contributed by atoms with Crippen molar-refractivity contribution in [1.82, 2.24) is 20.5 Å². The zero-order valence-electron chi connectivity index (χ0n) is 12.1. The summed E-state index contributed by atoms with van der Waals surface area (Å²) >= 11 is 0. The van der Waals surface area contributed by atoms with Gasteiger partial charge in [0, 0.05) is 6.54 Å². The summed E-state index contributed by atoms with van der Waals surface area (Å²) in [6, 6.07) is 8.20. The molecule has 0 saturated heterocycles. The molecule has 0 unspecified atom stereocenters. The molecule has 108 valence electrons. The molecule has 20 heavy (non-hydrogen) atoms. The van der Waals surface area contributed by atoms with E-state index >= 15 is 0 Å². The number of aromatic nitrogens is 3. The van der Waals surface area contributed by atoms with E-state index in [9.17, 15) is 0 Å². The minimum Gasteiger partial charge on any atom is -0.494 e. The Bertz CT molecular complexity index is 479. The SMILES string of the molecule is CC(C)CCOc1ccc(CNCc2ncn[nH]2)cc1. The number of rotatable bonds is 8. The Morgan fingerprint density at radius 3 is 2.65 bits per heavy atom. The quantitative estimate of drug-likeness (QED) is 0.776. The number of nitrogens with one attached hydrogen (secondary N) is 2. The third-order valence-electron chi connectivity index (χ3n) is 2.97. The summed E-state index contributed by atoms with van der Waals surface area (Å²) in [6.07, 6.45) is 2.60. The zero-order valence-corrected chi connectivity index (χ0v) is 12.1. The predicted octanol–water partition coefficient (Wildman–Crippen LogP) is 2.52. The summed E-state index contributed by atoms with van der Waals surface area (Å²) in [4.78, 5) is 4.06. The molecule has 0 radical (unpaired) electrons. The maximum Gasteiger partial charge on any atom is 0.138 e. The van der Waals surface area contributed by atoms with Crippen molar-refractivity contribution in [2.75, 3.05) is 6.61 Å². The molecule has 0 aliphatic carbocycles. The average molecular weight is 274 g/mol. The number of nitrogens with zero attached hydrogens (tertiary/aromatic N) is 2. The molecule has 5 nitrogen and oxygen atoms in total. The van der Waals surface area contributed by atoms with Gasteiger partial charge in [-0.25, -0.2) is 4.98 Å². The highest BCUT2D eigenvalue weighted by Crippen LogP contribution is 2.13. The Kier molecular flexibility index (Phi) is 5.55. The minimum atomic E-state index is 0.676. The number of benzene rings is 1. The molecule has 0 saturated carbocycles. The monoisotopic (exact) mass is 274 g/mol. The van der Waals surface area contributed by atoms with E-state index in [0.717, 1.165) is 31.1 Å². The molecule has 0 aliphatic rings. The van der Waals surface area contributed by atoms with Crippen LogP contribution in [0.25, 0.3) is 0 Å². The molecular weight excluding hydrogens is 252 g/mol. The van der Waals surface area contributed by atoms with Crippen molar-refractivity contribution < 1.29 is 4.74 Å². The Hall–Kier alpha value is -1.88. The highest BCUT2D eigenvalue weighted by Gasteiger charge is 1.99. The van der Waals surface area contributed by atoms with E-state index in [1.54, 1.807) is 0 Å². The Morgan fingerprint density at radius 1 is 1.20 bits per heavy atom. The van der Waals surface area contributed by atoms with Gasteiger partial charge in [-0.15, -0.1) is 0 Å². The molecule has 0 bridgehead atoms. The molecule has 1 heterocycles. The Balaban J connectivity index is 1.71. The van der Waals surface area contributed by atoms with Crippen LogP contribution in [0.3, 0.4) is 0 Å². The van der Waals surface area contributed by atoms with Crippen LogP contribution in [0.2, 0.25) is 0 Å². The van der Waals surface area contributed by atoms with Crippen LogP contribution in [0, 0.1) is 5.92 Å². The minimum absolute atomic E-state index is 0.676. The second-order valence-electron chi connectivity index (χ2n) is 5.21. The van der Waals surface area contributed by atoms with Gasteiger partial charge in [-0.3, -0.25) is 5.10 Å². The molecule has 2 aromatic rings. The molecule has 0 amide bonds. The van der Waals surface area contributed by atoms with E-state index in [-0.39, 0.29) is 0 Å². The van der Waals surface area contributed by atoms with Gasteiger partial charge in [-0.1, -0.05) is 26.0 Å². The number of H-pyrrole nitrogens is 1. The van der Waals surface area contributed by atoms with Gasteiger partial charge in [0.15, 0.2) is 0 Å². The maximum absolute atomic E-state index is 5.69. The van der Waals surface area contributed by atoms with Crippen LogP contribution >= 0.6 is 0 Å². The summed E-state index contributed by atoms with van der Waals surface area (Å²) in [6.45, 7) is 6.67. The first-order valence-corrected chi connectivity index (χ1v) is 7.00. The van der Waals surface area contributed by atoms with Crippen molar-refractivity contribution >= 4 is 0 Å². The molecule has 2 rings (SSSR count). The van der Waals surface area contributed by atoms with Crippen LogP contribution in [-0.4, -0.2) is 21.8 Å². The smallest absolute Gasteiger partial charge is 0.138 e. The van der Waals surface area contributed by atoms with E-state index in [4.69, 9.17) is 4.74 Å². The first-order valence-electron chi connectivity index (χ1n) is 7.00. The van der Waals surface area contributed by atoms with E-state index in [1.165, 1.54) is 11.9 Å². The molecule has 0 spiro atoms. The Morgan fingerprint density at radius 2 is 2.00 bits per heavy atom. The number of hydrogen-bond acceptors (Lipinski definition) is 4. The highest BCUT2D eigenvalue weighted by molar-refractivity contribution is 5.27. The van der Waals surface area contributed by atoms with Crippen LogP contribution in [-0.2, 0) is 13.1 Å².